The minimum Gasteiger partial charge on any atom is -0.490 e. The molecule has 0 aliphatic carbocycles. The first-order valence-electron chi connectivity index (χ1n) is 9.03. The molecule has 3 rings (SSSR count). The van der Waals surface area contributed by atoms with Crippen molar-refractivity contribution in [1.29, 1.82) is 0 Å². The number of carbonyl (C=O) groups is 1. The summed E-state index contributed by atoms with van der Waals surface area (Å²) in [5, 5.41) is 10.7. The highest BCUT2D eigenvalue weighted by atomic mass is 35.5. The minimum absolute atomic E-state index is 0.0252. The van der Waals surface area contributed by atoms with Crippen molar-refractivity contribution in [3.8, 4) is 22.8 Å². The summed E-state index contributed by atoms with van der Waals surface area (Å²) in [7, 11) is 0. The molecular formula is C22H18Cl3NO4. The molecule has 0 radical (unpaired) electrons. The number of benzene rings is 2. The van der Waals surface area contributed by atoms with E-state index in [1.807, 2.05) is 13.8 Å². The molecular weight excluding hydrogens is 449 g/mol. The van der Waals surface area contributed by atoms with Crippen LogP contribution in [0.15, 0.2) is 48.5 Å². The number of hydrogen-bond donors (Lipinski definition) is 1. The monoisotopic (exact) mass is 465 g/mol. The van der Waals surface area contributed by atoms with Gasteiger partial charge in [-0.3, -0.25) is 0 Å². The summed E-state index contributed by atoms with van der Waals surface area (Å²) in [6.07, 6.45) is -0.0757. The molecule has 1 heterocycles. The van der Waals surface area contributed by atoms with Crippen LogP contribution < -0.4 is 9.47 Å². The molecule has 3 aromatic rings. The number of carboxylic acid groups (broad SMARTS) is 1. The second kappa shape index (κ2) is 9.56. The summed E-state index contributed by atoms with van der Waals surface area (Å²) in [5.74, 6) is -0.222. The van der Waals surface area contributed by atoms with Crippen LogP contribution in [-0.4, -0.2) is 22.2 Å². The predicted octanol–water partition coefficient (Wildman–Crippen LogP) is 6.77. The van der Waals surface area contributed by atoms with Crippen molar-refractivity contribution < 1.29 is 19.4 Å². The van der Waals surface area contributed by atoms with Crippen LogP contribution in [0.5, 0.6) is 11.5 Å². The van der Waals surface area contributed by atoms with E-state index >= 15 is 0 Å². The van der Waals surface area contributed by atoms with E-state index in [0.29, 0.717) is 32.8 Å². The standard InChI is InChI=1S/C22H18Cl3NO4/c1-12(2)30-20-10-13(23)6-7-14(20)17-9-8-15(22(27)28)18(26-17)11-29-19-5-3-4-16(24)21(19)25/h3-10,12H,11H2,1-2H3,(H,27,28). The normalized spacial score (nSPS) is 10.9. The van der Waals surface area contributed by atoms with Gasteiger partial charge in [0, 0.05) is 10.6 Å². The zero-order valence-electron chi connectivity index (χ0n) is 16.2. The van der Waals surface area contributed by atoms with Gasteiger partial charge in [0.05, 0.1) is 28.1 Å². The maximum Gasteiger partial charge on any atom is 0.337 e. The van der Waals surface area contributed by atoms with E-state index < -0.39 is 5.97 Å². The second-order valence-electron chi connectivity index (χ2n) is 6.64. The molecule has 5 nitrogen and oxygen atoms in total. The Balaban J connectivity index is 1.99. The van der Waals surface area contributed by atoms with Gasteiger partial charge in [0.2, 0.25) is 0 Å². The number of ether oxygens (including phenoxy) is 2. The summed E-state index contributed by atoms with van der Waals surface area (Å²) in [4.78, 5) is 16.2. The Labute approximate surface area is 189 Å². The first-order valence-corrected chi connectivity index (χ1v) is 10.2. The maximum atomic E-state index is 11.7. The Bertz CT molecular complexity index is 1090. The van der Waals surface area contributed by atoms with Gasteiger partial charge >= 0.3 is 5.97 Å². The Morgan fingerprint density at radius 2 is 1.83 bits per heavy atom. The summed E-state index contributed by atoms with van der Waals surface area (Å²) in [5.41, 5.74) is 1.48. The summed E-state index contributed by atoms with van der Waals surface area (Å²) >= 11 is 18.3. The van der Waals surface area contributed by atoms with Gasteiger partial charge in [0.1, 0.15) is 23.1 Å². The maximum absolute atomic E-state index is 11.7. The molecule has 1 aromatic heterocycles. The Hall–Kier alpha value is -2.47. The fourth-order valence-electron chi connectivity index (χ4n) is 2.76. The molecule has 30 heavy (non-hydrogen) atoms. The fourth-order valence-corrected chi connectivity index (χ4v) is 3.27. The lowest BCUT2D eigenvalue weighted by molar-refractivity contribution is 0.0693. The molecule has 0 saturated carbocycles. The van der Waals surface area contributed by atoms with Crippen molar-refractivity contribution in [1.82, 2.24) is 4.98 Å². The van der Waals surface area contributed by atoms with Crippen molar-refractivity contribution in [3.05, 3.63) is 74.9 Å². The lowest BCUT2D eigenvalue weighted by Gasteiger charge is -2.16. The molecule has 0 spiro atoms. The smallest absolute Gasteiger partial charge is 0.337 e. The summed E-state index contributed by atoms with van der Waals surface area (Å²) in [6, 6.07) is 13.3. The van der Waals surface area contributed by atoms with E-state index in [4.69, 9.17) is 44.3 Å². The highest BCUT2D eigenvalue weighted by Gasteiger charge is 2.17. The zero-order chi connectivity index (χ0) is 21.8. The topological polar surface area (TPSA) is 68.7 Å². The minimum atomic E-state index is -1.11. The number of nitrogens with zero attached hydrogens (tertiary/aromatic N) is 1. The lowest BCUT2D eigenvalue weighted by atomic mass is 10.1. The van der Waals surface area contributed by atoms with Crippen LogP contribution in [0, 0.1) is 0 Å². The van der Waals surface area contributed by atoms with Crippen LogP contribution in [0.3, 0.4) is 0 Å². The van der Waals surface area contributed by atoms with Crippen molar-refractivity contribution in [2.24, 2.45) is 0 Å². The number of rotatable bonds is 7. The molecule has 8 heteroatoms. The number of carboxylic acids is 1. The third-order valence-corrected chi connectivity index (χ3v) is 5.10. The molecule has 0 bridgehead atoms. The van der Waals surface area contributed by atoms with E-state index in [2.05, 4.69) is 4.98 Å². The van der Waals surface area contributed by atoms with E-state index in [1.54, 1.807) is 42.5 Å². The van der Waals surface area contributed by atoms with Gasteiger partial charge in [-0.1, -0.05) is 40.9 Å². The van der Waals surface area contributed by atoms with Gasteiger partial charge in [0.25, 0.3) is 0 Å². The molecule has 0 fully saturated rings. The number of halogens is 3. The first kappa shape index (κ1) is 22.2. The highest BCUT2D eigenvalue weighted by Crippen LogP contribution is 2.34. The highest BCUT2D eigenvalue weighted by molar-refractivity contribution is 6.42. The molecule has 0 saturated heterocycles. The molecule has 0 atom stereocenters. The quantitative estimate of drug-likeness (QED) is 0.416. The average molecular weight is 467 g/mol. The van der Waals surface area contributed by atoms with Crippen LogP contribution in [0.2, 0.25) is 15.1 Å². The molecule has 156 valence electrons. The van der Waals surface area contributed by atoms with Gasteiger partial charge in [-0.15, -0.1) is 0 Å². The van der Waals surface area contributed by atoms with Crippen LogP contribution >= 0.6 is 34.8 Å². The number of hydrogen-bond acceptors (Lipinski definition) is 4. The summed E-state index contributed by atoms with van der Waals surface area (Å²) < 4.78 is 11.6. The molecule has 0 aliphatic rings. The fraction of sp³-hybridized carbons (Fsp3) is 0.182. The van der Waals surface area contributed by atoms with Crippen molar-refractivity contribution in [2.45, 2.75) is 26.6 Å². The third-order valence-electron chi connectivity index (χ3n) is 4.07. The zero-order valence-corrected chi connectivity index (χ0v) is 18.4. The lowest BCUT2D eigenvalue weighted by Crippen LogP contribution is -2.10. The number of pyridine rings is 1. The van der Waals surface area contributed by atoms with Crippen molar-refractivity contribution in [2.75, 3.05) is 0 Å². The largest absolute Gasteiger partial charge is 0.490 e. The second-order valence-corrected chi connectivity index (χ2v) is 7.87. The van der Waals surface area contributed by atoms with Gasteiger partial charge in [-0.25, -0.2) is 9.78 Å². The van der Waals surface area contributed by atoms with Crippen molar-refractivity contribution in [3.63, 3.8) is 0 Å². The Morgan fingerprint density at radius 3 is 2.53 bits per heavy atom. The van der Waals surface area contributed by atoms with Gasteiger partial charge in [-0.2, -0.15) is 0 Å². The van der Waals surface area contributed by atoms with E-state index in [1.165, 1.54) is 6.07 Å². The van der Waals surface area contributed by atoms with Gasteiger partial charge in [-0.05, 0) is 56.3 Å². The van der Waals surface area contributed by atoms with Crippen LogP contribution in [-0.2, 0) is 6.61 Å². The van der Waals surface area contributed by atoms with Crippen LogP contribution in [0.4, 0.5) is 0 Å². The predicted molar refractivity (Wildman–Crippen MR) is 118 cm³/mol. The Kier molecular flexibility index (Phi) is 7.08. The van der Waals surface area contributed by atoms with Crippen LogP contribution in [0.1, 0.15) is 29.9 Å². The molecule has 0 unspecified atom stereocenters. The third kappa shape index (κ3) is 5.17. The molecule has 0 aliphatic heterocycles. The van der Waals surface area contributed by atoms with Crippen molar-refractivity contribution >= 4 is 40.8 Å². The summed E-state index contributed by atoms with van der Waals surface area (Å²) in [6.45, 7) is 3.70. The van der Waals surface area contributed by atoms with Gasteiger partial charge in [0.15, 0.2) is 0 Å². The number of aromatic carboxylic acids is 1. The van der Waals surface area contributed by atoms with E-state index in [-0.39, 0.29) is 29.0 Å². The Morgan fingerprint density at radius 1 is 1.07 bits per heavy atom. The SMILES string of the molecule is CC(C)Oc1cc(Cl)ccc1-c1ccc(C(=O)O)c(COc2cccc(Cl)c2Cl)n1. The van der Waals surface area contributed by atoms with Crippen LogP contribution in [0.25, 0.3) is 11.3 Å². The molecule has 1 N–H and O–H groups in total. The molecule has 2 aromatic carbocycles. The average Bonchev–Trinajstić information content (AvgIpc) is 2.68. The number of aromatic nitrogens is 1. The van der Waals surface area contributed by atoms with E-state index in [0.717, 1.165) is 0 Å². The van der Waals surface area contributed by atoms with E-state index in [9.17, 15) is 9.90 Å². The van der Waals surface area contributed by atoms with Gasteiger partial charge < -0.3 is 14.6 Å². The first-order chi connectivity index (χ1) is 14.3. The molecule has 0 amide bonds.